The Hall–Kier alpha value is -0.860. The molecule has 1 heterocycles. The molecule has 1 fully saturated rings. The van der Waals surface area contributed by atoms with E-state index in [-0.39, 0.29) is 5.41 Å². The van der Waals surface area contributed by atoms with Gasteiger partial charge in [0.1, 0.15) is 0 Å². The summed E-state index contributed by atoms with van der Waals surface area (Å²) in [5.74, 6) is 0. The van der Waals surface area contributed by atoms with Gasteiger partial charge in [-0.2, -0.15) is 0 Å². The highest BCUT2D eigenvalue weighted by Crippen LogP contribution is 2.24. The molecule has 1 saturated heterocycles. The number of nitrogens with one attached hydrogen (secondary N) is 1. The largest absolute Gasteiger partial charge is 0.314 e. The van der Waals surface area contributed by atoms with Crippen LogP contribution in [0.3, 0.4) is 0 Å². The summed E-state index contributed by atoms with van der Waals surface area (Å²) >= 11 is 0. The number of nitrogens with zero attached hydrogens (tertiary/aromatic N) is 1. The fourth-order valence-electron chi connectivity index (χ4n) is 2.45. The summed E-state index contributed by atoms with van der Waals surface area (Å²) < 4.78 is 0. The first-order valence-corrected chi connectivity index (χ1v) is 7.00. The zero-order chi connectivity index (χ0) is 13.2. The van der Waals surface area contributed by atoms with Crippen molar-refractivity contribution >= 4 is 0 Å². The van der Waals surface area contributed by atoms with Gasteiger partial charge in [0.25, 0.3) is 0 Å². The molecule has 1 N–H and O–H groups in total. The van der Waals surface area contributed by atoms with Crippen molar-refractivity contribution in [3.63, 3.8) is 0 Å². The summed E-state index contributed by atoms with van der Waals surface area (Å²) in [4.78, 5) is 2.54. The van der Waals surface area contributed by atoms with Crippen LogP contribution in [0.2, 0.25) is 0 Å². The van der Waals surface area contributed by atoms with Gasteiger partial charge < -0.3 is 5.32 Å². The van der Waals surface area contributed by atoms with E-state index in [1.54, 1.807) is 0 Å². The Morgan fingerprint density at radius 1 is 1.17 bits per heavy atom. The van der Waals surface area contributed by atoms with Crippen molar-refractivity contribution in [1.82, 2.24) is 10.2 Å². The van der Waals surface area contributed by atoms with Crippen molar-refractivity contribution in [2.75, 3.05) is 26.2 Å². The van der Waals surface area contributed by atoms with Gasteiger partial charge in [0.2, 0.25) is 0 Å². The maximum absolute atomic E-state index is 3.40. The smallest absolute Gasteiger partial charge is 0.0237 e. The number of rotatable bonds is 2. The number of hydrogen-bond donors (Lipinski definition) is 1. The zero-order valence-electron chi connectivity index (χ0n) is 12.2. The minimum atomic E-state index is 0.248. The first-order valence-electron chi connectivity index (χ1n) is 7.00. The second kappa shape index (κ2) is 5.41. The van der Waals surface area contributed by atoms with Crippen LogP contribution in [-0.2, 0) is 12.0 Å². The first-order chi connectivity index (χ1) is 8.47. The van der Waals surface area contributed by atoms with Crippen LogP contribution < -0.4 is 5.32 Å². The molecule has 0 atom stereocenters. The fraction of sp³-hybridized carbons (Fsp3) is 0.625. The topological polar surface area (TPSA) is 15.3 Å². The predicted molar refractivity (Wildman–Crippen MR) is 78.0 cm³/mol. The van der Waals surface area contributed by atoms with Crippen molar-refractivity contribution in [3.8, 4) is 0 Å². The Balaban J connectivity index is 2.09. The minimum absolute atomic E-state index is 0.248. The highest BCUT2D eigenvalue weighted by molar-refractivity contribution is 5.34. The molecule has 0 amide bonds. The van der Waals surface area contributed by atoms with Crippen LogP contribution in [0.25, 0.3) is 0 Å². The maximum atomic E-state index is 3.40. The monoisotopic (exact) mass is 246 g/mol. The summed E-state index contributed by atoms with van der Waals surface area (Å²) in [6.07, 6.45) is 0. The molecule has 2 nitrogen and oxygen atoms in total. The lowest BCUT2D eigenvalue weighted by molar-refractivity contribution is 0.233. The number of piperazine rings is 1. The highest BCUT2D eigenvalue weighted by Gasteiger charge is 2.16. The lowest BCUT2D eigenvalue weighted by Gasteiger charge is -2.28. The molecule has 0 aromatic heterocycles. The Bertz CT molecular complexity index is 398. The van der Waals surface area contributed by atoms with Crippen molar-refractivity contribution in [2.24, 2.45) is 0 Å². The lowest BCUT2D eigenvalue weighted by Crippen LogP contribution is -2.43. The standard InChI is InChI=1S/C16H26N2/c1-13-11-15(16(2,3)4)6-5-14(13)12-18-9-7-17-8-10-18/h5-6,11,17H,7-10,12H2,1-4H3. The molecule has 0 unspecified atom stereocenters. The third-order valence-corrected chi connectivity index (χ3v) is 3.81. The van der Waals surface area contributed by atoms with E-state index in [0.717, 1.165) is 19.6 Å². The summed E-state index contributed by atoms with van der Waals surface area (Å²) in [5.41, 5.74) is 4.59. The Morgan fingerprint density at radius 2 is 1.83 bits per heavy atom. The van der Waals surface area contributed by atoms with Gasteiger partial charge in [-0.3, -0.25) is 4.90 Å². The molecule has 1 aromatic rings. The van der Waals surface area contributed by atoms with Gasteiger partial charge in [0, 0.05) is 32.7 Å². The second-order valence-corrected chi connectivity index (χ2v) is 6.42. The van der Waals surface area contributed by atoms with Gasteiger partial charge in [-0.1, -0.05) is 39.0 Å². The average Bonchev–Trinajstić information content (AvgIpc) is 2.32. The molecule has 0 aliphatic carbocycles. The molecule has 2 rings (SSSR count). The molecule has 0 radical (unpaired) electrons. The van der Waals surface area contributed by atoms with Gasteiger partial charge in [-0.05, 0) is 29.0 Å². The summed E-state index contributed by atoms with van der Waals surface area (Å²) in [5, 5.41) is 3.40. The summed E-state index contributed by atoms with van der Waals surface area (Å²) in [6, 6.07) is 6.97. The van der Waals surface area contributed by atoms with Crippen LogP contribution in [0.5, 0.6) is 0 Å². The molecule has 2 heteroatoms. The van der Waals surface area contributed by atoms with Crippen molar-refractivity contribution in [2.45, 2.75) is 39.7 Å². The van der Waals surface area contributed by atoms with Gasteiger partial charge in [-0.15, -0.1) is 0 Å². The van der Waals surface area contributed by atoms with E-state index in [1.165, 1.54) is 29.8 Å². The predicted octanol–water partition coefficient (Wildman–Crippen LogP) is 2.70. The maximum Gasteiger partial charge on any atom is 0.0237 e. The van der Waals surface area contributed by atoms with E-state index in [4.69, 9.17) is 0 Å². The fourth-order valence-corrected chi connectivity index (χ4v) is 2.45. The van der Waals surface area contributed by atoms with E-state index >= 15 is 0 Å². The molecular formula is C16H26N2. The van der Waals surface area contributed by atoms with Crippen molar-refractivity contribution in [1.29, 1.82) is 0 Å². The van der Waals surface area contributed by atoms with E-state index in [9.17, 15) is 0 Å². The summed E-state index contributed by atoms with van der Waals surface area (Å²) in [6.45, 7) is 14.7. The van der Waals surface area contributed by atoms with Crippen molar-refractivity contribution in [3.05, 3.63) is 34.9 Å². The second-order valence-electron chi connectivity index (χ2n) is 6.42. The quantitative estimate of drug-likeness (QED) is 0.863. The number of benzene rings is 1. The van der Waals surface area contributed by atoms with E-state index in [0.29, 0.717) is 0 Å². The molecule has 0 bridgehead atoms. The SMILES string of the molecule is Cc1cc(C(C)(C)C)ccc1CN1CCNCC1. The Kier molecular flexibility index (Phi) is 4.08. The first kappa shape index (κ1) is 13.6. The van der Waals surface area contributed by atoms with Gasteiger partial charge in [0.05, 0.1) is 0 Å². The minimum Gasteiger partial charge on any atom is -0.314 e. The molecular weight excluding hydrogens is 220 g/mol. The van der Waals surface area contributed by atoms with Gasteiger partial charge >= 0.3 is 0 Å². The Morgan fingerprint density at radius 3 is 2.39 bits per heavy atom. The van der Waals surface area contributed by atoms with E-state index in [1.807, 2.05) is 0 Å². The van der Waals surface area contributed by atoms with Crippen molar-refractivity contribution < 1.29 is 0 Å². The van der Waals surface area contributed by atoms with Gasteiger partial charge in [-0.25, -0.2) is 0 Å². The average molecular weight is 246 g/mol. The lowest BCUT2D eigenvalue weighted by atomic mass is 9.85. The normalized spacial score (nSPS) is 18.0. The van der Waals surface area contributed by atoms with Crippen LogP contribution >= 0.6 is 0 Å². The zero-order valence-corrected chi connectivity index (χ0v) is 12.2. The molecule has 1 aliphatic heterocycles. The summed E-state index contributed by atoms with van der Waals surface area (Å²) in [7, 11) is 0. The molecule has 100 valence electrons. The molecule has 0 saturated carbocycles. The van der Waals surface area contributed by atoms with Crippen LogP contribution in [0.15, 0.2) is 18.2 Å². The molecule has 1 aliphatic rings. The van der Waals surface area contributed by atoms with Crippen LogP contribution in [-0.4, -0.2) is 31.1 Å². The molecule has 18 heavy (non-hydrogen) atoms. The Labute approximate surface area is 111 Å². The van der Waals surface area contributed by atoms with Crippen LogP contribution in [0.4, 0.5) is 0 Å². The van der Waals surface area contributed by atoms with E-state index < -0.39 is 0 Å². The third kappa shape index (κ3) is 3.33. The van der Waals surface area contributed by atoms with Gasteiger partial charge in [0.15, 0.2) is 0 Å². The number of aryl methyl sites for hydroxylation is 1. The highest BCUT2D eigenvalue weighted by atomic mass is 15.2. The molecule has 1 aromatic carbocycles. The molecule has 0 spiro atoms. The van der Waals surface area contributed by atoms with E-state index in [2.05, 4.69) is 56.1 Å². The third-order valence-electron chi connectivity index (χ3n) is 3.81. The van der Waals surface area contributed by atoms with Crippen LogP contribution in [0, 0.1) is 6.92 Å². The number of hydrogen-bond acceptors (Lipinski definition) is 2. The van der Waals surface area contributed by atoms with Crippen LogP contribution in [0.1, 0.15) is 37.5 Å².